The number of carbonyl (C=O) groups excluding carboxylic acids is 1. The highest BCUT2D eigenvalue weighted by Gasteiger charge is 2.28. The molecule has 2 heterocycles. The molecule has 0 bridgehead atoms. The number of hydrogen-bond donors (Lipinski definition) is 0. The van der Waals surface area contributed by atoms with E-state index >= 15 is 0 Å². The second-order valence-corrected chi connectivity index (χ2v) is 7.71. The van der Waals surface area contributed by atoms with Crippen molar-refractivity contribution in [1.82, 2.24) is 14.5 Å². The van der Waals surface area contributed by atoms with Gasteiger partial charge in [0.25, 0.3) is 11.5 Å². The Balaban J connectivity index is 1.95. The highest BCUT2D eigenvalue weighted by molar-refractivity contribution is 5.91. The van der Waals surface area contributed by atoms with E-state index in [-0.39, 0.29) is 17.2 Å². The summed E-state index contributed by atoms with van der Waals surface area (Å²) >= 11 is 0. The molecule has 0 saturated heterocycles. The average Bonchev–Trinajstić information content (AvgIpc) is 3.31. The molecule has 6 nitrogen and oxygen atoms in total. The van der Waals surface area contributed by atoms with Gasteiger partial charge in [-0.25, -0.2) is 4.98 Å². The molecule has 158 valence electrons. The number of nitrogens with zero attached hydrogens (tertiary/aromatic N) is 3. The third-order valence-electron chi connectivity index (χ3n) is 5.75. The predicted octanol–water partition coefficient (Wildman–Crippen LogP) is 4.82. The lowest BCUT2D eigenvalue weighted by Crippen LogP contribution is -2.35. The van der Waals surface area contributed by atoms with Crippen LogP contribution in [0, 0.1) is 13.8 Å². The number of aromatic nitrogens is 2. The molecule has 6 heteroatoms. The van der Waals surface area contributed by atoms with Crippen molar-refractivity contribution in [3.8, 4) is 5.69 Å². The fraction of sp³-hybridized carbons (Fsp3) is 0.240. The summed E-state index contributed by atoms with van der Waals surface area (Å²) in [4.78, 5) is 33.0. The minimum Gasteiger partial charge on any atom is -0.459 e. The Morgan fingerprint density at radius 3 is 2.55 bits per heavy atom. The average molecular weight is 415 g/mol. The van der Waals surface area contributed by atoms with Crippen LogP contribution < -0.4 is 5.56 Å². The van der Waals surface area contributed by atoms with Crippen LogP contribution in [-0.4, -0.2) is 27.4 Å². The minimum absolute atomic E-state index is 0.152. The molecule has 0 fully saturated rings. The second kappa shape index (κ2) is 8.22. The molecule has 0 spiro atoms. The first-order valence-corrected chi connectivity index (χ1v) is 10.3. The number of benzene rings is 2. The monoisotopic (exact) mass is 415 g/mol. The molecule has 0 saturated carbocycles. The van der Waals surface area contributed by atoms with E-state index in [4.69, 9.17) is 9.40 Å². The van der Waals surface area contributed by atoms with Crippen molar-refractivity contribution >= 4 is 16.8 Å². The Hall–Kier alpha value is -3.67. The molecule has 1 unspecified atom stereocenters. The Morgan fingerprint density at radius 1 is 1.10 bits per heavy atom. The van der Waals surface area contributed by atoms with Gasteiger partial charge >= 0.3 is 0 Å². The van der Waals surface area contributed by atoms with E-state index in [9.17, 15) is 9.59 Å². The van der Waals surface area contributed by atoms with Gasteiger partial charge in [0.15, 0.2) is 5.76 Å². The summed E-state index contributed by atoms with van der Waals surface area (Å²) in [5.74, 6) is 0.518. The van der Waals surface area contributed by atoms with Crippen molar-refractivity contribution in [1.29, 1.82) is 0 Å². The number of para-hydroxylation sites is 1. The van der Waals surface area contributed by atoms with Gasteiger partial charge in [-0.2, -0.15) is 0 Å². The van der Waals surface area contributed by atoms with Crippen LogP contribution >= 0.6 is 0 Å². The summed E-state index contributed by atoms with van der Waals surface area (Å²) in [5, 5.41) is 0.541. The molecule has 0 radical (unpaired) electrons. The van der Waals surface area contributed by atoms with Crippen LogP contribution in [0.4, 0.5) is 0 Å². The number of aryl methyl sites for hydroxylation is 2. The van der Waals surface area contributed by atoms with Crippen LogP contribution in [0.1, 0.15) is 46.9 Å². The quantitative estimate of drug-likeness (QED) is 0.469. The normalized spacial score (nSPS) is 12.1. The van der Waals surface area contributed by atoms with E-state index in [1.807, 2.05) is 57.2 Å². The molecule has 4 rings (SSSR count). The molecule has 0 N–H and O–H groups in total. The molecule has 1 atom stereocenters. The standard InChI is InChI=1S/C25H25N3O3/c1-5-21(27(4)25(30)22-11-8-14-31-22)23-26-20-10-7-6-9-19(20)24(29)28(23)18-13-12-16(2)17(3)15-18/h6-15,21H,5H2,1-4H3. The zero-order valence-corrected chi connectivity index (χ0v) is 18.1. The third-order valence-corrected chi connectivity index (χ3v) is 5.75. The zero-order valence-electron chi connectivity index (χ0n) is 18.1. The van der Waals surface area contributed by atoms with Crippen LogP contribution in [0.5, 0.6) is 0 Å². The van der Waals surface area contributed by atoms with Crippen molar-refractivity contribution in [3.63, 3.8) is 0 Å². The van der Waals surface area contributed by atoms with E-state index in [1.165, 1.54) is 6.26 Å². The lowest BCUT2D eigenvalue weighted by molar-refractivity contribution is 0.0684. The van der Waals surface area contributed by atoms with E-state index in [0.717, 1.165) is 16.8 Å². The summed E-state index contributed by atoms with van der Waals surface area (Å²) in [5.41, 5.74) is 3.42. The van der Waals surface area contributed by atoms with Gasteiger partial charge in [-0.1, -0.05) is 25.1 Å². The second-order valence-electron chi connectivity index (χ2n) is 7.71. The first-order chi connectivity index (χ1) is 14.9. The molecule has 4 aromatic rings. The first kappa shape index (κ1) is 20.6. The lowest BCUT2D eigenvalue weighted by Gasteiger charge is -2.28. The summed E-state index contributed by atoms with van der Waals surface area (Å²) in [6.45, 7) is 6.02. The SMILES string of the molecule is CCC(c1nc2ccccc2c(=O)n1-c1ccc(C)c(C)c1)N(C)C(=O)c1ccco1. The maximum Gasteiger partial charge on any atom is 0.289 e. The Morgan fingerprint density at radius 2 is 1.87 bits per heavy atom. The largest absolute Gasteiger partial charge is 0.459 e. The number of amides is 1. The van der Waals surface area contributed by atoms with Crippen molar-refractivity contribution in [2.75, 3.05) is 7.05 Å². The minimum atomic E-state index is -0.420. The number of rotatable bonds is 5. The fourth-order valence-corrected chi connectivity index (χ4v) is 3.83. The Labute approximate surface area is 180 Å². The number of fused-ring (bicyclic) bond motifs is 1. The summed E-state index contributed by atoms with van der Waals surface area (Å²) < 4.78 is 6.94. The lowest BCUT2D eigenvalue weighted by atomic mass is 10.1. The van der Waals surface area contributed by atoms with Gasteiger partial charge in [-0.15, -0.1) is 0 Å². The van der Waals surface area contributed by atoms with E-state index < -0.39 is 6.04 Å². The first-order valence-electron chi connectivity index (χ1n) is 10.3. The van der Waals surface area contributed by atoms with E-state index in [0.29, 0.717) is 23.1 Å². The fourth-order valence-electron chi connectivity index (χ4n) is 3.83. The maximum atomic E-state index is 13.6. The molecular formula is C25H25N3O3. The van der Waals surface area contributed by atoms with Gasteiger partial charge in [0.1, 0.15) is 5.82 Å². The summed E-state index contributed by atoms with van der Waals surface area (Å²) in [6, 6.07) is 16.1. The Kier molecular flexibility index (Phi) is 5.46. The smallest absolute Gasteiger partial charge is 0.289 e. The Bertz CT molecular complexity index is 1310. The van der Waals surface area contributed by atoms with Crippen molar-refractivity contribution in [2.45, 2.75) is 33.2 Å². The molecule has 31 heavy (non-hydrogen) atoms. The molecule has 2 aromatic carbocycles. The van der Waals surface area contributed by atoms with Crippen LogP contribution in [-0.2, 0) is 0 Å². The topological polar surface area (TPSA) is 68.3 Å². The van der Waals surface area contributed by atoms with Crippen LogP contribution in [0.3, 0.4) is 0 Å². The van der Waals surface area contributed by atoms with Gasteiger partial charge in [0.05, 0.1) is 28.9 Å². The summed E-state index contributed by atoms with van der Waals surface area (Å²) in [6.07, 6.45) is 2.06. The molecule has 0 aliphatic carbocycles. The van der Waals surface area contributed by atoms with E-state index in [2.05, 4.69) is 0 Å². The molecule has 0 aliphatic heterocycles. The van der Waals surface area contributed by atoms with Crippen LogP contribution in [0.15, 0.2) is 70.1 Å². The van der Waals surface area contributed by atoms with Gasteiger partial charge in [-0.05, 0) is 67.8 Å². The number of carbonyl (C=O) groups is 1. The highest BCUT2D eigenvalue weighted by atomic mass is 16.3. The van der Waals surface area contributed by atoms with Crippen molar-refractivity contribution < 1.29 is 9.21 Å². The predicted molar refractivity (Wildman–Crippen MR) is 121 cm³/mol. The third kappa shape index (κ3) is 3.65. The van der Waals surface area contributed by atoms with Crippen molar-refractivity contribution in [2.24, 2.45) is 0 Å². The van der Waals surface area contributed by atoms with Crippen LogP contribution in [0.25, 0.3) is 16.6 Å². The van der Waals surface area contributed by atoms with E-state index in [1.54, 1.807) is 34.7 Å². The van der Waals surface area contributed by atoms with Crippen LogP contribution in [0.2, 0.25) is 0 Å². The van der Waals surface area contributed by atoms with Gasteiger partial charge in [0, 0.05) is 7.05 Å². The van der Waals surface area contributed by atoms with Gasteiger partial charge < -0.3 is 9.32 Å². The number of hydrogen-bond acceptors (Lipinski definition) is 4. The molecular weight excluding hydrogens is 390 g/mol. The molecule has 0 aliphatic rings. The number of furan rings is 1. The summed E-state index contributed by atoms with van der Waals surface area (Å²) in [7, 11) is 1.71. The van der Waals surface area contributed by atoms with Gasteiger partial charge in [0.2, 0.25) is 0 Å². The molecule has 2 aromatic heterocycles. The zero-order chi connectivity index (χ0) is 22.1. The van der Waals surface area contributed by atoms with Crippen molar-refractivity contribution in [3.05, 3.63) is 93.9 Å². The highest BCUT2D eigenvalue weighted by Crippen LogP contribution is 2.27. The van der Waals surface area contributed by atoms with Gasteiger partial charge in [-0.3, -0.25) is 14.2 Å². The maximum absolute atomic E-state index is 13.6. The molecule has 1 amide bonds.